The van der Waals surface area contributed by atoms with Gasteiger partial charge in [-0.05, 0) is 88.2 Å². The van der Waals surface area contributed by atoms with Gasteiger partial charge in [0.1, 0.15) is 5.75 Å². The standard InChI is InChI=1S/C32H45N7O/c1-22-31-27-20-29(26-4-2-3-5-30(26)40)35-36-32(27)34-28(31)12-17-39(22)25-10-15-38(16-11-25)24-8-6-23(7-9-24)21-37-18-13-33-14-19-37/h2-5,20,22-25,33,40H,6-19,21H2,1H3,(H,34,36)/t22-,23?,24?/m1/s1. The maximum absolute atomic E-state index is 10.4. The van der Waals surface area contributed by atoms with E-state index in [1.165, 1.54) is 82.5 Å². The number of nitrogens with one attached hydrogen (secondary N) is 2. The van der Waals surface area contributed by atoms with E-state index in [0.29, 0.717) is 12.1 Å². The molecule has 1 aliphatic carbocycles. The summed E-state index contributed by atoms with van der Waals surface area (Å²) in [7, 11) is 0. The summed E-state index contributed by atoms with van der Waals surface area (Å²) < 4.78 is 0. The molecule has 1 aromatic carbocycles. The second kappa shape index (κ2) is 11.4. The van der Waals surface area contributed by atoms with Gasteiger partial charge in [0.05, 0.1) is 5.69 Å². The second-order valence-electron chi connectivity index (χ2n) is 12.7. The van der Waals surface area contributed by atoms with Crippen molar-refractivity contribution in [3.8, 4) is 17.0 Å². The lowest BCUT2D eigenvalue weighted by Gasteiger charge is -2.46. The van der Waals surface area contributed by atoms with E-state index in [4.69, 9.17) is 0 Å². The van der Waals surface area contributed by atoms with Crippen LogP contribution in [0.5, 0.6) is 5.75 Å². The van der Waals surface area contributed by atoms with Gasteiger partial charge in [0.2, 0.25) is 0 Å². The summed E-state index contributed by atoms with van der Waals surface area (Å²) in [5, 5.41) is 24.0. The molecule has 2 aromatic heterocycles. The number of para-hydroxylation sites is 1. The van der Waals surface area contributed by atoms with Crippen LogP contribution >= 0.6 is 0 Å². The highest BCUT2D eigenvalue weighted by molar-refractivity contribution is 5.86. The maximum Gasteiger partial charge on any atom is 0.160 e. The molecule has 0 amide bonds. The molecule has 2 saturated heterocycles. The van der Waals surface area contributed by atoms with Crippen LogP contribution in [0.25, 0.3) is 22.3 Å². The van der Waals surface area contributed by atoms with E-state index < -0.39 is 0 Å². The van der Waals surface area contributed by atoms with Gasteiger partial charge >= 0.3 is 0 Å². The predicted molar refractivity (Wildman–Crippen MR) is 159 cm³/mol. The minimum absolute atomic E-state index is 0.245. The number of fused-ring (bicyclic) bond motifs is 3. The molecule has 3 fully saturated rings. The normalized spacial score (nSPS) is 27.7. The molecule has 7 rings (SSSR count). The first-order valence-electron chi connectivity index (χ1n) is 15.7. The Morgan fingerprint density at radius 2 is 1.68 bits per heavy atom. The molecule has 1 saturated carbocycles. The van der Waals surface area contributed by atoms with Crippen molar-refractivity contribution in [1.82, 2.24) is 35.2 Å². The Morgan fingerprint density at radius 3 is 2.45 bits per heavy atom. The molecule has 3 aromatic rings. The number of hydrogen-bond donors (Lipinski definition) is 3. The van der Waals surface area contributed by atoms with Crippen LogP contribution in [0.3, 0.4) is 0 Å². The zero-order valence-corrected chi connectivity index (χ0v) is 24.0. The van der Waals surface area contributed by atoms with Gasteiger partial charge in [-0.15, -0.1) is 10.2 Å². The van der Waals surface area contributed by atoms with Crippen LogP contribution in [0.1, 0.15) is 62.7 Å². The Hall–Kier alpha value is -2.52. The average Bonchev–Trinajstić information content (AvgIpc) is 3.37. The summed E-state index contributed by atoms with van der Waals surface area (Å²) in [5.74, 6) is 1.15. The molecule has 3 N–H and O–H groups in total. The Morgan fingerprint density at radius 1 is 0.900 bits per heavy atom. The fraction of sp³-hybridized carbons (Fsp3) is 0.625. The molecule has 0 spiro atoms. The molecule has 3 aliphatic heterocycles. The number of nitrogens with zero attached hydrogens (tertiary/aromatic N) is 5. The van der Waals surface area contributed by atoms with Crippen molar-refractivity contribution in [3.05, 3.63) is 41.6 Å². The Kier molecular flexibility index (Phi) is 7.52. The van der Waals surface area contributed by atoms with Gasteiger partial charge in [0.15, 0.2) is 5.65 Å². The predicted octanol–water partition coefficient (Wildman–Crippen LogP) is 4.18. The zero-order valence-electron chi connectivity index (χ0n) is 24.0. The highest BCUT2D eigenvalue weighted by Gasteiger charge is 2.36. The van der Waals surface area contributed by atoms with Crippen molar-refractivity contribution < 1.29 is 5.11 Å². The summed E-state index contributed by atoms with van der Waals surface area (Å²) in [6.45, 7) is 12.1. The van der Waals surface area contributed by atoms with E-state index in [-0.39, 0.29) is 5.75 Å². The number of hydrogen-bond acceptors (Lipinski definition) is 7. The van der Waals surface area contributed by atoms with Crippen molar-refractivity contribution in [3.63, 3.8) is 0 Å². The number of rotatable bonds is 5. The quantitative estimate of drug-likeness (QED) is 0.445. The first kappa shape index (κ1) is 26.4. The summed E-state index contributed by atoms with van der Waals surface area (Å²) in [6, 6.07) is 11.3. The summed E-state index contributed by atoms with van der Waals surface area (Å²) in [4.78, 5) is 11.8. The van der Waals surface area contributed by atoms with Crippen LogP contribution in [0.4, 0.5) is 0 Å². The van der Waals surface area contributed by atoms with E-state index in [0.717, 1.165) is 60.3 Å². The third-order valence-electron chi connectivity index (χ3n) is 10.4. The smallest absolute Gasteiger partial charge is 0.160 e. The second-order valence-corrected chi connectivity index (χ2v) is 12.7. The molecule has 214 valence electrons. The van der Waals surface area contributed by atoms with Crippen molar-refractivity contribution >= 4 is 11.0 Å². The monoisotopic (exact) mass is 543 g/mol. The fourth-order valence-electron chi connectivity index (χ4n) is 8.19. The van der Waals surface area contributed by atoms with Crippen molar-refractivity contribution in [1.29, 1.82) is 0 Å². The van der Waals surface area contributed by atoms with Crippen LogP contribution in [-0.4, -0.2) is 99.4 Å². The number of phenolic OH excluding ortho intramolecular Hbond substituents is 1. The minimum atomic E-state index is 0.245. The molecule has 0 radical (unpaired) electrons. The summed E-state index contributed by atoms with van der Waals surface area (Å²) in [5.41, 5.74) is 5.00. The first-order chi connectivity index (χ1) is 19.6. The van der Waals surface area contributed by atoms with Gasteiger partial charge in [-0.1, -0.05) is 12.1 Å². The van der Waals surface area contributed by atoms with Crippen molar-refractivity contribution in [2.75, 3.05) is 52.4 Å². The molecular formula is C32H45N7O. The first-order valence-corrected chi connectivity index (χ1v) is 15.7. The third kappa shape index (κ3) is 5.15. The molecule has 5 heterocycles. The van der Waals surface area contributed by atoms with E-state index in [1.807, 2.05) is 18.2 Å². The van der Waals surface area contributed by atoms with E-state index >= 15 is 0 Å². The minimum Gasteiger partial charge on any atom is -0.507 e. The van der Waals surface area contributed by atoms with Gasteiger partial charge in [-0.3, -0.25) is 4.90 Å². The Balaban J connectivity index is 0.981. The topological polar surface area (TPSA) is 83.5 Å². The number of benzene rings is 1. The third-order valence-corrected chi connectivity index (χ3v) is 10.4. The lowest BCUT2D eigenvalue weighted by atomic mass is 9.84. The number of aromatic nitrogens is 3. The van der Waals surface area contributed by atoms with E-state index in [9.17, 15) is 5.11 Å². The zero-order chi connectivity index (χ0) is 27.1. The number of aromatic hydroxyl groups is 1. The molecule has 8 heteroatoms. The highest BCUT2D eigenvalue weighted by atomic mass is 16.3. The van der Waals surface area contributed by atoms with Crippen molar-refractivity contribution in [2.24, 2.45) is 5.92 Å². The lowest BCUT2D eigenvalue weighted by Crippen LogP contribution is -2.51. The van der Waals surface area contributed by atoms with Gasteiger partial charge in [-0.25, -0.2) is 0 Å². The maximum atomic E-state index is 10.4. The van der Waals surface area contributed by atoms with E-state index in [2.05, 4.69) is 48.2 Å². The number of piperidine rings is 1. The van der Waals surface area contributed by atoms with Crippen LogP contribution in [0, 0.1) is 5.92 Å². The molecule has 8 nitrogen and oxygen atoms in total. The number of likely N-dealkylation sites (tertiary alicyclic amines) is 1. The molecule has 40 heavy (non-hydrogen) atoms. The number of phenols is 1. The summed E-state index contributed by atoms with van der Waals surface area (Å²) in [6.07, 6.45) is 9.16. The van der Waals surface area contributed by atoms with Crippen LogP contribution in [-0.2, 0) is 6.42 Å². The van der Waals surface area contributed by atoms with Crippen LogP contribution < -0.4 is 5.32 Å². The SMILES string of the molecule is C[C@@H]1c2c([nH]c3nnc(-c4ccccc4O)cc23)CCN1C1CCN(C2CCC(CN3CCNCC3)CC2)CC1. The Labute approximate surface area is 238 Å². The van der Waals surface area contributed by atoms with Crippen LogP contribution in [0.2, 0.25) is 0 Å². The molecule has 0 bridgehead atoms. The number of aromatic amines is 1. The molecular weight excluding hydrogens is 498 g/mol. The van der Waals surface area contributed by atoms with Gasteiger partial charge in [-0.2, -0.15) is 0 Å². The highest BCUT2D eigenvalue weighted by Crippen LogP contribution is 2.40. The average molecular weight is 544 g/mol. The van der Waals surface area contributed by atoms with Gasteiger partial charge in [0, 0.05) is 80.5 Å². The largest absolute Gasteiger partial charge is 0.507 e. The van der Waals surface area contributed by atoms with Crippen LogP contribution in [0.15, 0.2) is 30.3 Å². The molecule has 1 atom stereocenters. The van der Waals surface area contributed by atoms with Crippen molar-refractivity contribution in [2.45, 2.75) is 70.0 Å². The lowest BCUT2D eigenvalue weighted by molar-refractivity contribution is 0.0415. The fourth-order valence-corrected chi connectivity index (χ4v) is 8.19. The molecule has 4 aliphatic rings. The number of H-pyrrole nitrogens is 1. The van der Waals surface area contributed by atoms with Gasteiger partial charge < -0.3 is 25.2 Å². The molecule has 0 unspecified atom stereocenters. The van der Waals surface area contributed by atoms with Gasteiger partial charge in [0.25, 0.3) is 0 Å². The summed E-state index contributed by atoms with van der Waals surface area (Å²) >= 11 is 0. The number of piperazine rings is 1. The Bertz CT molecular complexity index is 1300. The van der Waals surface area contributed by atoms with E-state index in [1.54, 1.807) is 6.07 Å².